The van der Waals surface area contributed by atoms with Crippen molar-refractivity contribution in [2.45, 2.75) is 32.6 Å². The van der Waals surface area contributed by atoms with Crippen LogP contribution in [-0.2, 0) is 0 Å². The van der Waals surface area contributed by atoms with Crippen LogP contribution in [0.3, 0.4) is 0 Å². The Morgan fingerprint density at radius 2 is 1.92 bits per heavy atom. The first kappa shape index (κ1) is 17.0. The number of amides is 1. The highest BCUT2D eigenvalue weighted by Crippen LogP contribution is 2.24. The molecule has 3 rings (SSSR count). The highest BCUT2D eigenvalue weighted by molar-refractivity contribution is 5.88. The molecule has 0 aliphatic carbocycles. The van der Waals surface area contributed by atoms with Crippen molar-refractivity contribution in [2.24, 2.45) is 0 Å². The van der Waals surface area contributed by atoms with Crippen LogP contribution in [0.25, 0.3) is 11.0 Å². The van der Waals surface area contributed by atoms with E-state index in [0.29, 0.717) is 23.3 Å². The minimum absolute atomic E-state index is 0.268. The van der Waals surface area contributed by atoms with Gasteiger partial charge in [-0.1, -0.05) is 49.6 Å². The molecule has 0 saturated carbocycles. The Morgan fingerprint density at radius 1 is 1.08 bits per heavy atom. The minimum atomic E-state index is -0.268. The molecule has 0 aliphatic heterocycles. The minimum Gasteiger partial charge on any atom is -0.457 e. The molecule has 25 heavy (non-hydrogen) atoms. The molecular formula is C19H22N4O2. The smallest absolute Gasteiger partial charge is 0.344 e. The lowest BCUT2D eigenvalue weighted by atomic mass is 10.2. The summed E-state index contributed by atoms with van der Waals surface area (Å²) >= 11 is 0. The molecule has 0 saturated heterocycles. The van der Waals surface area contributed by atoms with E-state index in [1.165, 1.54) is 17.5 Å². The van der Waals surface area contributed by atoms with Gasteiger partial charge in [0, 0.05) is 12.6 Å². The van der Waals surface area contributed by atoms with E-state index in [9.17, 15) is 4.79 Å². The number of nitrogens with zero attached hydrogens (tertiary/aromatic N) is 3. The molecule has 3 aromatic rings. The number of aromatic nitrogens is 3. The van der Waals surface area contributed by atoms with E-state index in [1.807, 2.05) is 36.4 Å². The second-order valence-electron chi connectivity index (χ2n) is 5.86. The quantitative estimate of drug-likeness (QED) is 0.650. The monoisotopic (exact) mass is 338 g/mol. The first-order valence-electron chi connectivity index (χ1n) is 8.64. The third-order valence-electron chi connectivity index (χ3n) is 3.89. The average Bonchev–Trinajstić information content (AvgIpc) is 3.05. The molecule has 0 fully saturated rings. The van der Waals surface area contributed by atoms with Gasteiger partial charge in [-0.05, 0) is 30.7 Å². The van der Waals surface area contributed by atoms with E-state index < -0.39 is 0 Å². The standard InChI is InChI=1S/C19H22N4O2/c1-2-3-4-8-13-20-19(24)23-18-14-16(11-12-17(18)21-22-23)25-15-9-6-5-7-10-15/h5-7,9-12,14H,2-4,8,13H2,1H3,(H,20,24). The summed E-state index contributed by atoms with van der Waals surface area (Å²) in [5.41, 5.74) is 1.28. The summed E-state index contributed by atoms with van der Waals surface area (Å²) in [6.45, 7) is 2.80. The molecule has 0 unspecified atom stereocenters. The molecule has 0 spiro atoms. The van der Waals surface area contributed by atoms with E-state index >= 15 is 0 Å². The lowest BCUT2D eigenvalue weighted by molar-refractivity contribution is 0.239. The maximum atomic E-state index is 12.3. The zero-order valence-corrected chi connectivity index (χ0v) is 14.3. The Bertz CT molecular complexity index is 830. The normalized spacial score (nSPS) is 10.8. The van der Waals surface area contributed by atoms with Gasteiger partial charge in [0.1, 0.15) is 22.5 Å². The number of rotatable bonds is 7. The average molecular weight is 338 g/mol. The number of hydrogen-bond donors (Lipinski definition) is 1. The van der Waals surface area contributed by atoms with Crippen molar-refractivity contribution in [3.8, 4) is 11.5 Å². The maximum Gasteiger partial charge on any atom is 0.344 e. The Morgan fingerprint density at radius 3 is 2.72 bits per heavy atom. The summed E-state index contributed by atoms with van der Waals surface area (Å²) in [6.07, 6.45) is 4.44. The van der Waals surface area contributed by atoms with Gasteiger partial charge in [0.25, 0.3) is 0 Å². The van der Waals surface area contributed by atoms with Crippen LogP contribution in [0, 0.1) is 0 Å². The van der Waals surface area contributed by atoms with Crippen molar-refractivity contribution in [3.05, 3.63) is 48.5 Å². The van der Waals surface area contributed by atoms with Gasteiger partial charge in [0.05, 0.1) is 0 Å². The van der Waals surface area contributed by atoms with Gasteiger partial charge in [0.15, 0.2) is 0 Å². The van der Waals surface area contributed by atoms with Gasteiger partial charge in [-0.25, -0.2) is 4.79 Å². The van der Waals surface area contributed by atoms with E-state index in [1.54, 1.807) is 12.1 Å². The molecule has 1 amide bonds. The summed E-state index contributed by atoms with van der Waals surface area (Å²) in [5, 5.41) is 10.9. The largest absolute Gasteiger partial charge is 0.457 e. The maximum absolute atomic E-state index is 12.3. The number of fused-ring (bicyclic) bond motifs is 1. The Balaban J connectivity index is 1.71. The molecule has 1 N–H and O–H groups in total. The number of ether oxygens (including phenoxy) is 1. The van der Waals surface area contributed by atoms with E-state index in [0.717, 1.165) is 18.6 Å². The van der Waals surface area contributed by atoms with Crippen molar-refractivity contribution >= 4 is 17.1 Å². The molecule has 0 bridgehead atoms. The number of hydrogen-bond acceptors (Lipinski definition) is 4. The summed E-state index contributed by atoms with van der Waals surface area (Å²) in [7, 11) is 0. The summed E-state index contributed by atoms with van der Waals surface area (Å²) in [6, 6.07) is 14.6. The van der Waals surface area contributed by atoms with Gasteiger partial charge in [-0.3, -0.25) is 0 Å². The van der Waals surface area contributed by atoms with Crippen molar-refractivity contribution in [1.29, 1.82) is 0 Å². The molecule has 130 valence electrons. The van der Waals surface area contributed by atoms with Crippen LogP contribution in [-0.4, -0.2) is 27.6 Å². The summed E-state index contributed by atoms with van der Waals surface area (Å²) < 4.78 is 7.10. The fourth-order valence-corrected chi connectivity index (χ4v) is 2.56. The molecule has 1 heterocycles. The third kappa shape index (κ3) is 4.35. The van der Waals surface area contributed by atoms with Crippen LogP contribution in [0.2, 0.25) is 0 Å². The number of unbranched alkanes of at least 4 members (excludes halogenated alkanes) is 3. The van der Waals surface area contributed by atoms with Crippen molar-refractivity contribution in [1.82, 2.24) is 20.3 Å². The van der Waals surface area contributed by atoms with Crippen LogP contribution in [0.4, 0.5) is 4.79 Å². The van der Waals surface area contributed by atoms with Gasteiger partial charge < -0.3 is 10.1 Å². The second kappa shape index (κ2) is 8.28. The molecule has 0 aliphatic rings. The van der Waals surface area contributed by atoms with Crippen molar-refractivity contribution < 1.29 is 9.53 Å². The van der Waals surface area contributed by atoms with E-state index in [-0.39, 0.29) is 6.03 Å². The molecule has 0 atom stereocenters. The Hall–Kier alpha value is -2.89. The number of carbonyl (C=O) groups is 1. The van der Waals surface area contributed by atoms with Crippen LogP contribution in [0.1, 0.15) is 32.6 Å². The van der Waals surface area contributed by atoms with Crippen LogP contribution in [0.15, 0.2) is 48.5 Å². The number of benzene rings is 2. The molecule has 6 nitrogen and oxygen atoms in total. The predicted molar refractivity (Wildman–Crippen MR) is 97.0 cm³/mol. The van der Waals surface area contributed by atoms with Crippen LogP contribution in [0.5, 0.6) is 11.5 Å². The van der Waals surface area contributed by atoms with Crippen LogP contribution >= 0.6 is 0 Å². The van der Waals surface area contributed by atoms with Crippen molar-refractivity contribution in [3.63, 3.8) is 0 Å². The number of nitrogens with one attached hydrogen (secondary N) is 1. The van der Waals surface area contributed by atoms with Gasteiger partial charge in [0.2, 0.25) is 0 Å². The third-order valence-corrected chi connectivity index (χ3v) is 3.89. The molecular weight excluding hydrogens is 316 g/mol. The predicted octanol–water partition coefficient (Wildman–Crippen LogP) is 4.36. The fraction of sp³-hybridized carbons (Fsp3) is 0.316. The lowest BCUT2D eigenvalue weighted by Gasteiger charge is -2.07. The van der Waals surface area contributed by atoms with E-state index in [4.69, 9.17) is 4.74 Å². The molecule has 0 radical (unpaired) electrons. The van der Waals surface area contributed by atoms with Gasteiger partial charge in [-0.15, -0.1) is 5.10 Å². The van der Waals surface area contributed by atoms with Gasteiger partial charge >= 0.3 is 6.03 Å². The Labute approximate surface area is 146 Å². The number of carbonyl (C=O) groups excluding carboxylic acids is 1. The molecule has 6 heteroatoms. The zero-order valence-electron chi connectivity index (χ0n) is 14.3. The van der Waals surface area contributed by atoms with Crippen molar-refractivity contribution in [2.75, 3.05) is 6.54 Å². The second-order valence-corrected chi connectivity index (χ2v) is 5.86. The van der Waals surface area contributed by atoms with Crippen LogP contribution < -0.4 is 10.1 Å². The summed E-state index contributed by atoms with van der Waals surface area (Å²) in [5.74, 6) is 1.37. The Kier molecular flexibility index (Phi) is 5.61. The zero-order chi connectivity index (χ0) is 17.5. The first-order chi connectivity index (χ1) is 12.3. The highest BCUT2D eigenvalue weighted by Gasteiger charge is 2.12. The number of para-hydroxylation sites is 1. The summed E-state index contributed by atoms with van der Waals surface area (Å²) in [4.78, 5) is 12.3. The van der Waals surface area contributed by atoms with Gasteiger partial charge in [-0.2, -0.15) is 4.68 Å². The topological polar surface area (TPSA) is 69.0 Å². The molecule has 2 aromatic carbocycles. The SMILES string of the molecule is CCCCCCNC(=O)n1nnc2ccc(Oc3ccccc3)cc21. The van der Waals surface area contributed by atoms with E-state index in [2.05, 4.69) is 22.6 Å². The fourth-order valence-electron chi connectivity index (χ4n) is 2.56. The first-order valence-corrected chi connectivity index (χ1v) is 8.64. The molecule has 1 aromatic heterocycles. The highest BCUT2D eigenvalue weighted by atomic mass is 16.5. The lowest BCUT2D eigenvalue weighted by Crippen LogP contribution is -2.30.